The number of carbonyl (C=O) groups is 3. The summed E-state index contributed by atoms with van der Waals surface area (Å²) < 4.78 is 21.5. The van der Waals surface area contributed by atoms with E-state index in [0.29, 0.717) is 68.1 Å². The lowest BCUT2D eigenvalue weighted by Gasteiger charge is -2.54. The van der Waals surface area contributed by atoms with Crippen LogP contribution in [0.4, 0.5) is 21.5 Å². The van der Waals surface area contributed by atoms with E-state index < -0.39 is 11.7 Å². The van der Waals surface area contributed by atoms with Crippen molar-refractivity contribution in [2.45, 2.75) is 88.1 Å². The van der Waals surface area contributed by atoms with Crippen LogP contribution in [0, 0.1) is 16.7 Å². The Morgan fingerprint density at radius 2 is 1.92 bits per heavy atom. The lowest BCUT2D eigenvalue weighted by molar-refractivity contribution is -0.125. The maximum atomic E-state index is 15.2. The second-order valence-corrected chi connectivity index (χ2v) is 19.0. The van der Waals surface area contributed by atoms with Crippen molar-refractivity contribution in [1.82, 2.24) is 25.0 Å². The second-order valence-electron chi connectivity index (χ2n) is 19.0. The number of piperazine rings is 1. The van der Waals surface area contributed by atoms with Crippen LogP contribution in [-0.4, -0.2) is 128 Å². The molecule has 0 radical (unpaired) electrons. The van der Waals surface area contributed by atoms with E-state index in [0.717, 1.165) is 97.0 Å². The molecule has 13 nitrogen and oxygen atoms in total. The summed E-state index contributed by atoms with van der Waals surface area (Å²) in [5.41, 5.74) is 13.7. The molecule has 7 aliphatic rings. The highest BCUT2D eigenvalue weighted by atomic mass is 19.1. The highest BCUT2D eigenvalue weighted by Crippen LogP contribution is 2.53. The summed E-state index contributed by atoms with van der Waals surface area (Å²) in [5.74, 6) is 0.984. The number of hydrogen-bond donors (Lipinski definition) is 3. The van der Waals surface area contributed by atoms with Gasteiger partial charge in [-0.2, -0.15) is 0 Å². The Bertz CT molecular complexity index is 2220. The van der Waals surface area contributed by atoms with Crippen molar-refractivity contribution in [3.63, 3.8) is 0 Å². The van der Waals surface area contributed by atoms with Crippen LogP contribution in [0.15, 0.2) is 42.6 Å². The molecule has 6 heterocycles. The smallest absolute Gasteiger partial charge is 0.255 e. The molecule has 4 N–H and O–H groups in total. The fourth-order valence-electron chi connectivity index (χ4n) is 11.7. The van der Waals surface area contributed by atoms with E-state index in [9.17, 15) is 14.4 Å². The number of aromatic nitrogens is 1. The molecule has 2 saturated heterocycles. The van der Waals surface area contributed by atoms with Gasteiger partial charge in [0.1, 0.15) is 30.4 Å². The first-order valence-corrected chi connectivity index (χ1v) is 22.4. The number of ether oxygens (including phenoxy) is 1. The van der Waals surface area contributed by atoms with Crippen LogP contribution in [0.5, 0.6) is 5.75 Å². The summed E-state index contributed by atoms with van der Waals surface area (Å²) in [7, 11) is 1.56. The van der Waals surface area contributed by atoms with Crippen molar-refractivity contribution in [3.8, 4) is 5.75 Å². The number of amides is 2. The number of carbonyl (C=O) groups excluding carboxylic acids is 3. The number of fused-ring (bicyclic) bond motifs is 5. The van der Waals surface area contributed by atoms with Gasteiger partial charge in [-0.05, 0) is 110 Å². The number of hydrogen-bond acceptors (Lipinski definition) is 11. The summed E-state index contributed by atoms with van der Waals surface area (Å²) >= 11 is 0. The molecule has 2 amide bonds. The third-order valence-electron chi connectivity index (χ3n) is 15.2. The summed E-state index contributed by atoms with van der Waals surface area (Å²) in [6.45, 7) is 8.03. The van der Waals surface area contributed by atoms with Gasteiger partial charge in [0.2, 0.25) is 5.91 Å². The first-order valence-electron chi connectivity index (χ1n) is 22.4. The van der Waals surface area contributed by atoms with E-state index in [1.807, 2.05) is 18.3 Å². The van der Waals surface area contributed by atoms with Crippen molar-refractivity contribution in [2.24, 2.45) is 11.3 Å². The van der Waals surface area contributed by atoms with Gasteiger partial charge < -0.3 is 40.7 Å². The van der Waals surface area contributed by atoms with Gasteiger partial charge in [-0.1, -0.05) is 6.07 Å². The minimum Gasteiger partial charge on any atom is -0.489 e. The predicted molar refractivity (Wildman–Crippen MR) is 232 cm³/mol. The van der Waals surface area contributed by atoms with Gasteiger partial charge in [0, 0.05) is 95.4 Å². The Morgan fingerprint density at radius 3 is 2.64 bits per heavy atom. The molecular formula is C47H58FN9O4. The van der Waals surface area contributed by atoms with Gasteiger partial charge >= 0.3 is 0 Å². The lowest BCUT2D eigenvalue weighted by Crippen LogP contribution is -2.59. The number of rotatable bonds is 12. The van der Waals surface area contributed by atoms with Gasteiger partial charge in [-0.15, -0.1) is 0 Å². The average Bonchev–Trinajstić information content (AvgIpc) is 3.91. The Balaban J connectivity index is 0.730. The number of aldehydes is 1. The zero-order chi connectivity index (χ0) is 42.0. The molecule has 3 atom stereocenters. The second kappa shape index (κ2) is 15.7. The third-order valence-corrected chi connectivity index (χ3v) is 15.2. The van der Waals surface area contributed by atoms with Crippen LogP contribution in [0.1, 0.15) is 95.7 Å². The first kappa shape index (κ1) is 40.0. The maximum absolute atomic E-state index is 15.2. The van der Waals surface area contributed by atoms with E-state index in [1.165, 1.54) is 31.9 Å². The minimum absolute atomic E-state index is 0.165. The van der Waals surface area contributed by atoms with E-state index in [2.05, 4.69) is 49.2 Å². The van der Waals surface area contributed by atoms with E-state index >= 15 is 4.39 Å². The Labute approximate surface area is 357 Å². The largest absolute Gasteiger partial charge is 0.489 e. The number of alkyl halides is 1. The molecule has 5 aliphatic heterocycles. The molecule has 0 bridgehead atoms. The lowest BCUT2D eigenvalue weighted by atomic mass is 9.57. The summed E-state index contributed by atoms with van der Waals surface area (Å²) in [6.07, 6.45) is 11.6. The number of anilines is 3. The monoisotopic (exact) mass is 831 g/mol. The fraction of sp³-hybridized carbons (Fsp3) is 0.553. The Morgan fingerprint density at radius 1 is 1.10 bits per heavy atom. The van der Waals surface area contributed by atoms with Crippen LogP contribution >= 0.6 is 0 Å². The van der Waals surface area contributed by atoms with Crippen LogP contribution in [0.25, 0.3) is 0 Å². The number of benzene rings is 2. The summed E-state index contributed by atoms with van der Waals surface area (Å²) in [4.78, 5) is 53.7. The molecule has 3 unspecified atom stereocenters. The van der Waals surface area contributed by atoms with Crippen molar-refractivity contribution in [3.05, 3.63) is 76.1 Å². The van der Waals surface area contributed by atoms with Gasteiger partial charge in [0.15, 0.2) is 0 Å². The van der Waals surface area contributed by atoms with Crippen molar-refractivity contribution >= 4 is 41.4 Å². The summed E-state index contributed by atoms with van der Waals surface area (Å²) in [6, 6.07) is 11.6. The van der Waals surface area contributed by atoms with Gasteiger partial charge in [-0.25, -0.2) is 4.39 Å². The molecule has 61 heavy (non-hydrogen) atoms. The minimum atomic E-state index is -1.11. The van der Waals surface area contributed by atoms with Crippen molar-refractivity contribution in [2.75, 3.05) is 81.5 Å². The molecule has 2 aromatic carbocycles. The van der Waals surface area contributed by atoms with Crippen molar-refractivity contribution in [1.29, 1.82) is 5.41 Å². The third kappa shape index (κ3) is 7.32. The number of nitrogens with one attached hydrogen (secondary N) is 2. The number of nitrogen functional groups attached to an aromatic ring is 1. The molecule has 4 fully saturated rings. The normalized spacial score (nSPS) is 24.5. The van der Waals surface area contributed by atoms with E-state index in [-0.39, 0.29) is 30.3 Å². The SMILES string of the molecule is CNC(=O)C(CCC=O)N1Cc2cc3c(cc2C1=O)OCC1CN(CC2CC4(CCN(c5ccc(C6c7ccc(N)c(C=N)c7CCN6CC6(F)CC6)nc5)CC4)C2)CCN31. The zero-order valence-electron chi connectivity index (χ0n) is 35.2. The van der Waals surface area contributed by atoms with Gasteiger partial charge in [0.25, 0.3) is 5.91 Å². The molecule has 2 aliphatic carbocycles. The topological polar surface area (TPSA) is 151 Å². The maximum Gasteiger partial charge on any atom is 0.255 e. The van der Waals surface area contributed by atoms with Crippen molar-refractivity contribution < 1.29 is 23.5 Å². The number of pyridine rings is 1. The molecule has 14 heteroatoms. The number of nitrogens with zero attached hydrogens (tertiary/aromatic N) is 6. The van der Waals surface area contributed by atoms with E-state index in [4.69, 9.17) is 20.9 Å². The highest BCUT2D eigenvalue weighted by molar-refractivity contribution is 6.02. The molecular weight excluding hydrogens is 774 g/mol. The van der Waals surface area contributed by atoms with Crippen LogP contribution in [0.2, 0.25) is 0 Å². The first-order chi connectivity index (χ1) is 29.6. The molecule has 3 aromatic rings. The van der Waals surface area contributed by atoms with Gasteiger partial charge in [0.05, 0.1) is 35.3 Å². The number of halogens is 1. The van der Waals surface area contributed by atoms with Gasteiger partial charge in [-0.3, -0.25) is 24.4 Å². The Hall–Kier alpha value is -5.08. The molecule has 10 rings (SSSR count). The highest BCUT2D eigenvalue weighted by Gasteiger charge is 2.48. The Kier molecular flexibility index (Phi) is 10.3. The number of piperidine rings is 1. The van der Waals surface area contributed by atoms with Crippen LogP contribution < -0.4 is 25.6 Å². The van der Waals surface area contributed by atoms with E-state index in [1.54, 1.807) is 11.9 Å². The molecule has 322 valence electrons. The molecule has 2 saturated carbocycles. The molecule has 1 spiro atoms. The summed E-state index contributed by atoms with van der Waals surface area (Å²) in [5, 5.41) is 10.7. The predicted octanol–water partition coefficient (Wildman–Crippen LogP) is 4.74. The molecule has 1 aromatic heterocycles. The zero-order valence-corrected chi connectivity index (χ0v) is 35.2. The number of nitrogens with two attached hydrogens (primary N) is 1. The van der Waals surface area contributed by atoms with Crippen LogP contribution in [0.3, 0.4) is 0 Å². The number of likely N-dealkylation sites (N-methyl/N-ethyl adjacent to an activating group) is 1. The standard InChI is InChI=1S/C47H58FN9O4/c1-51-44(59)40(3-2-18-58)57-26-31-19-41-42(20-36(31)45(57)60)61-28-33-27-53(16-17-56(33)41)25-30-21-46(22-30)11-14-54(15-12-46)32-4-7-39(52-24-32)43-35-5-6-38(50)37(23-49)34(35)8-13-55(43)29-47(48)9-10-47/h4-7,18-20,23-24,30,33,40,43,49H,2-3,8-17,21-22,25-29,50H2,1H3,(H,51,59). The van der Waals surface area contributed by atoms with Crippen LogP contribution in [-0.2, 0) is 22.6 Å². The average molecular weight is 832 g/mol. The fourth-order valence-corrected chi connectivity index (χ4v) is 11.7. The quantitative estimate of drug-likeness (QED) is 0.133.